The number of aryl methyl sites for hydroxylation is 1. The van der Waals surface area contributed by atoms with Crippen LogP contribution in [0, 0.1) is 18.3 Å². The van der Waals surface area contributed by atoms with Crippen molar-refractivity contribution in [3.8, 4) is 0 Å². The Morgan fingerprint density at radius 1 is 1.48 bits per heavy atom. The Bertz CT molecular complexity index is 568. The lowest BCUT2D eigenvalue weighted by molar-refractivity contribution is -0.122. The molecule has 0 fully saturated rings. The summed E-state index contributed by atoms with van der Waals surface area (Å²) >= 11 is 0. The van der Waals surface area contributed by atoms with Gasteiger partial charge in [0.05, 0.1) is 6.04 Å². The van der Waals surface area contributed by atoms with Crippen molar-refractivity contribution in [1.29, 1.82) is 0 Å². The first-order valence-corrected chi connectivity index (χ1v) is 7.98. The van der Waals surface area contributed by atoms with Crippen molar-refractivity contribution in [2.45, 2.75) is 58.9 Å². The first-order valence-electron chi connectivity index (χ1n) is 7.98. The van der Waals surface area contributed by atoms with Crippen LogP contribution in [-0.2, 0) is 11.2 Å². The van der Waals surface area contributed by atoms with E-state index in [-0.39, 0.29) is 17.4 Å². The summed E-state index contributed by atoms with van der Waals surface area (Å²) in [6.45, 7) is 6.47. The quantitative estimate of drug-likeness (QED) is 0.851. The number of rotatable bonds is 3. The molecule has 2 atom stereocenters. The zero-order valence-electron chi connectivity index (χ0n) is 13.2. The van der Waals surface area contributed by atoms with Crippen molar-refractivity contribution in [2.75, 3.05) is 0 Å². The normalized spacial score (nSPS) is 26.6. The number of furan rings is 1. The molecule has 0 aromatic carbocycles. The van der Waals surface area contributed by atoms with Crippen LogP contribution >= 0.6 is 0 Å². The van der Waals surface area contributed by atoms with Gasteiger partial charge in [-0.3, -0.25) is 4.79 Å². The van der Waals surface area contributed by atoms with Crippen molar-refractivity contribution < 1.29 is 9.21 Å². The molecule has 0 saturated carbocycles. The van der Waals surface area contributed by atoms with Crippen LogP contribution in [0.4, 0.5) is 0 Å². The molecule has 0 unspecified atom stereocenters. The Morgan fingerprint density at radius 2 is 2.29 bits per heavy atom. The first kappa shape index (κ1) is 14.4. The van der Waals surface area contributed by atoms with E-state index < -0.39 is 0 Å². The number of hydrogen-bond acceptors (Lipinski definition) is 2. The number of amides is 1. The van der Waals surface area contributed by atoms with Crippen molar-refractivity contribution in [3.63, 3.8) is 0 Å². The molecule has 1 N–H and O–H groups in total. The summed E-state index contributed by atoms with van der Waals surface area (Å²) in [6.07, 6.45) is 9.12. The molecule has 2 aliphatic carbocycles. The fraction of sp³-hybridized carbons (Fsp3) is 0.611. The Kier molecular flexibility index (Phi) is 3.68. The minimum atomic E-state index is 0.0964. The second-order valence-corrected chi connectivity index (χ2v) is 7.37. The molecule has 0 bridgehead atoms. The molecule has 2 aliphatic rings. The summed E-state index contributed by atoms with van der Waals surface area (Å²) in [4.78, 5) is 12.3. The first-order chi connectivity index (χ1) is 9.93. The number of carbonyl (C=O) groups excluding carboxylic acids is 1. The predicted molar refractivity (Wildman–Crippen MR) is 82.9 cm³/mol. The van der Waals surface area contributed by atoms with Gasteiger partial charge in [0.15, 0.2) is 0 Å². The molecule has 1 amide bonds. The molecule has 1 aromatic heterocycles. The molecule has 114 valence electrons. The van der Waals surface area contributed by atoms with Crippen LogP contribution in [0.2, 0.25) is 0 Å². The van der Waals surface area contributed by atoms with Gasteiger partial charge in [0.1, 0.15) is 11.5 Å². The Morgan fingerprint density at radius 3 is 3.00 bits per heavy atom. The third kappa shape index (κ3) is 3.22. The summed E-state index contributed by atoms with van der Waals surface area (Å²) in [7, 11) is 0. The van der Waals surface area contributed by atoms with Crippen molar-refractivity contribution in [2.24, 2.45) is 11.3 Å². The van der Waals surface area contributed by atoms with Gasteiger partial charge in [0.25, 0.3) is 0 Å². The van der Waals surface area contributed by atoms with E-state index in [0.717, 1.165) is 37.2 Å². The number of hydrogen-bond donors (Lipinski definition) is 1. The molecule has 3 rings (SSSR count). The maximum atomic E-state index is 12.3. The van der Waals surface area contributed by atoms with Gasteiger partial charge in [-0.15, -0.1) is 0 Å². The van der Waals surface area contributed by atoms with E-state index in [2.05, 4.69) is 37.4 Å². The molecule has 0 radical (unpaired) electrons. The number of nitrogens with one attached hydrogen (secondary N) is 1. The molecular formula is C18H25NO2. The van der Waals surface area contributed by atoms with Crippen molar-refractivity contribution in [3.05, 3.63) is 35.3 Å². The van der Waals surface area contributed by atoms with E-state index in [1.54, 1.807) is 0 Å². The van der Waals surface area contributed by atoms with Gasteiger partial charge in [-0.2, -0.15) is 0 Å². The van der Waals surface area contributed by atoms with E-state index in [4.69, 9.17) is 4.42 Å². The van der Waals surface area contributed by atoms with Crippen LogP contribution in [0.3, 0.4) is 0 Å². The molecular weight excluding hydrogens is 262 g/mol. The van der Waals surface area contributed by atoms with Gasteiger partial charge < -0.3 is 9.73 Å². The van der Waals surface area contributed by atoms with Gasteiger partial charge in [0, 0.05) is 18.4 Å². The van der Waals surface area contributed by atoms with E-state index in [1.807, 2.05) is 6.92 Å². The third-order valence-electron chi connectivity index (χ3n) is 4.63. The highest BCUT2D eigenvalue weighted by Gasteiger charge is 2.35. The summed E-state index contributed by atoms with van der Waals surface area (Å²) < 4.78 is 5.82. The molecule has 1 heterocycles. The van der Waals surface area contributed by atoms with Crippen LogP contribution in [0.5, 0.6) is 0 Å². The van der Waals surface area contributed by atoms with Crippen LogP contribution < -0.4 is 5.32 Å². The highest BCUT2D eigenvalue weighted by molar-refractivity contribution is 5.77. The highest BCUT2D eigenvalue weighted by Crippen LogP contribution is 2.42. The smallest absolute Gasteiger partial charge is 0.221 e. The zero-order chi connectivity index (χ0) is 15.0. The minimum absolute atomic E-state index is 0.0964. The van der Waals surface area contributed by atoms with E-state index in [1.165, 1.54) is 5.56 Å². The Balaban J connectivity index is 1.71. The number of fused-ring (bicyclic) bond motifs is 1. The van der Waals surface area contributed by atoms with Crippen LogP contribution in [0.1, 0.15) is 62.7 Å². The molecule has 0 spiro atoms. The maximum absolute atomic E-state index is 12.3. The average molecular weight is 287 g/mol. The fourth-order valence-corrected chi connectivity index (χ4v) is 3.67. The summed E-state index contributed by atoms with van der Waals surface area (Å²) in [5, 5.41) is 3.24. The highest BCUT2D eigenvalue weighted by atomic mass is 16.3. The second-order valence-electron chi connectivity index (χ2n) is 7.37. The maximum Gasteiger partial charge on any atom is 0.221 e. The van der Waals surface area contributed by atoms with Gasteiger partial charge in [0.2, 0.25) is 5.91 Å². The molecule has 0 saturated heterocycles. The second kappa shape index (κ2) is 5.36. The average Bonchev–Trinajstić information content (AvgIpc) is 2.96. The standard InChI is InChI=1S/C18H25NO2/c1-12-8-14-15(10-18(2,3)11-16(14)21-12)19-17(20)9-13-6-4-5-7-13/h4,6,8,13,15H,5,7,9-11H2,1-3H3,(H,19,20)/t13-,15+/m1/s1. The van der Waals surface area contributed by atoms with Crippen molar-refractivity contribution >= 4 is 5.91 Å². The lowest BCUT2D eigenvalue weighted by Gasteiger charge is -2.34. The monoisotopic (exact) mass is 287 g/mol. The van der Waals surface area contributed by atoms with Gasteiger partial charge in [-0.1, -0.05) is 26.0 Å². The minimum Gasteiger partial charge on any atom is -0.466 e. The van der Waals surface area contributed by atoms with Crippen LogP contribution in [0.15, 0.2) is 22.6 Å². The van der Waals surface area contributed by atoms with Gasteiger partial charge in [-0.05, 0) is 43.6 Å². The lowest BCUT2D eigenvalue weighted by Crippen LogP contribution is -2.36. The zero-order valence-corrected chi connectivity index (χ0v) is 13.2. The molecule has 3 heteroatoms. The SMILES string of the molecule is Cc1cc2c(o1)CC(C)(C)C[C@@H]2NC(=O)C[C@@H]1C=CCC1. The third-order valence-corrected chi connectivity index (χ3v) is 4.63. The molecule has 21 heavy (non-hydrogen) atoms. The fourth-order valence-electron chi connectivity index (χ4n) is 3.67. The Labute approximate surface area is 126 Å². The molecule has 3 nitrogen and oxygen atoms in total. The summed E-state index contributed by atoms with van der Waals surface area (Å²) in [6, 6.07) is 2.18. The lowest BCUT2D eigenvalue weighted by atomic mass is 9.74. The van der Waals surface area contributed by atoms with E-state index in [0.29, 0.717) is 12.3 Å². The summed E-state index contributed by atoms with van der Waals surface area (Å²) in [5.74, 6) is 2.58. The Hall–Kier alpha value is -1.51. The van der Waals surface area contributed by atoms with Crippen LogP contribution in [0.25, 0.3) is 0 Å². The summed E-state index contributed by atoms with van der Waals surface area (Å²) in [5.41, 5.74) is 1.35. The van der Waals surface area contributed by atoms with E-state index >= 15 is 0 Å². The number of carbonyl (C=O) groups is 1. The topological polar surface area (TPSA) is 42.2 Å². The van der Waals surface area contributed by atoms with E-state index in [9.17, 15) is 4.79 Å². The number of allylic oxidation sites excluding steroid dienone is 2. The van der Waals surface area contributed by atoms with Crippen molar-refractivity contribution in [1.82, 2.24) is 5.32 Å². The molecule has 0 aliphatic heterocycles. The van der Waals surface area contributed by atoms with Gasteiger partial charge >= 0.3 is 0 Å². The van der Waals surface area contributed by atoms with Crippen LogP contribution in [-0.4, -0.2) is 5.91 Å². The predicted octanol–water partition coefficient (Wildman–Crippen LogP) is 4.07. The molecule has 1 aromatic rings. The van der Waals surface area contributed by atoms with Gasteiger partial charge in [-0.25, -0.2) is 0 Å². The largest absolute Gasteiger partial charge is 0.466 e.